The second kappa shape index (κ2) is 5.65. The summed E-state index contributed by atoms with van der Waals surface area (Å²) in [6.45, 7) is 8.04. The first-order chi connectivity index (χ1) is 10.5. The van der Waals surface area contributed by atoms with Gasteiger partial charge in [-0.05, 0) is 41.9 Å². The number of hydrogen-bond donors (Lipinski definition) is 0. The fourth-order valence-corrected chi connectivity index (χ4v) is 4.03. The van der Waals surface area contributed by atoms with Gasteiger partial charge in [0.15, 0.2) is 8.32 Å². The van der Waals surface area contributed by atoms with Gasteiger partial charge in [0.05, 0.1) is 12.0 Å². The van der Waals surface area contributed by atoms with Crippen LogP contribution in [0.5, 0.6) is 0 Å². The van der Waals surface area contributed by atoms with Crippen LogP contribution < -0.4 is 0 Å². The lowest BCUT2D eigenvalue weighted by atomic mass is 9.80. The van der Waals surface area contributed by atoms with E-state index in [1.807, 2.05) is 0 Å². The van der Waals surface area contributed by atoms with E-state index in [2.05, 4.69) is 68.2 Å². The van der Waals surface area contributed by atoms with E-state index < -0.39 is 8.32 Å². The number of fused-ring (bicyclic) bond motifs is 3. The molecule has 3 heteroatoms. The highest BCUT2D eigenvalue weighted by atomic mass is 28.4. The Kier molecular flexibility index (Phi) is 3.97. The molecule has 0 aliphatic heterocycles. The van der Waals surface area contributed by atoms with Crippen molar-refractivity contribution in [1.29, 1.82) is 0 Å². The molecule has 0 saturated carbocycles. The van der Waals surface area contributed by atoms with Crippen LogP contribution in [0.3, 0.4) is 0 Å². The highest BCUT2D eigenvalue weighted by Crippen LogP contribution is 2.49. The molecule has 0 saturated heterocycles. The molecule has 0 N–H and O–H groups in total. The standard InChI is InChI=1S/C19H24O2Si/c1-20-13-19(14-21-22(2,3)4)17-11-7-5-9-15(17)16-10-6-8-12-18(16)19/h5-12H,13-14H2,1-4H3. The van der Waals surface area contributed by atoms with Crippen molar-refractivity contribution in [2.75, 3.05) is 20.3 Å². The van der Waals surface area contributed by atoms with E-state index in [9.17, 15) is 0 Å². The lowest BCUT2D eigenvalue weighted by molar-refractivity contribution is 0.112. The van der Waals surface area contributed by atoms with Crippen molar-refractivity contribution in [3.8, 4) is 11.1 Å². The minimum absolute atomic E-state index is 0.192. The van der Waals surface area contributed by atoms with Gasteiger partial charge in [-0.2, -0.15) is 0 Å². The van der Waals surface area contributed by atoms with Gasteiger partial charge in [0, 0.05) is 13.7 Å². The molecule has 0 bridgehead atoms. The van der Waals surface area contributed by atoms with Crippen molar-refractivity contribution >= 4 is 8.32 Å². The number of benzene rings is 2. The predicted molar refractivity (Wildman–Crippen MR) is 93.8 cm³/mol. The minimum atomic E-state index is -1.60. The summed E-state index contributed by atoms with van der Waals surface area (Å²) in [5, 5.41) is 0. The summed E-state index contributed by atoms with van der Waals surface area (Å²) in [4.78, 5) is 0. The smallest absolute Gasteiger partial charge is 0.183 e. The highest BCUT2D eigenvalue weighted by molar-refractivity contribution is 6.69. The molecule has 2 aromatic carbocycles. The van der Waals surface area contributed by atoms with E-state index in [-0.39, 0.29) is 5.41 Å². The molecular formula is C19H24O2Si. The Bertz CT molecular complexity index is 628. The molecule has 116 valence electrons. The maximum Gasteiger partial charge on any atom is 0.183 e. The Morgan fingerprint density at radius 2 is 1.32 bits per heavy atom. The molecule has 0 unspecified atom stereocenters. The van der Waals surface area contributed by atoms with Crippen molar-refractivity contribution in [1.82, 2.24) is 0 Å². The maximum atomic E-state index is 6.34. The predicted octanol–water partition coefficient (Wildman–Crippen LogP) is 4.45. The van der Waals surface area contributed by atoms with Crippen molar-refractivity contribution in [2.45, 2.75) is 25.1 Å². The molecule has 1 aliphatic carbocycles. The minimum Gasteiger partial charge on any atom is -0.416 e. The molecule has 22 heavy (non-hydrogen) atoms. The topological polar surface area (TPSA) is 18.5 Å². The SMILES string of the molecule is COCC1(CO[Si](C)(C)C)c2ccccc2-c2ccccc21. The number of rotatable bonds is 5. The molecule has 0 spiro atoms. The summed E-state index contributed by atoms with van der Waals surface area (Å²) in [5.41, 5.74) is 5.10. The normalized spacial score (nSPS) is 15.5. The summed E-state index contributed by atoms with van der Waals surface area (Å²) in [7, 11) is 0.179. The molecule has 0 atom stereocenters. The van der Waals surface area contributed by atoms with Crippen LogP contribution in [0.15, 0.2) is 48.5 Å². The molecular weight excluding hydrogens is 288 g/mol. The molecule has 2 aromatic rings. The summed E-state index contributed by atoms with van der Waals surface area (Å²) >= 11 is 0. The van der Waals surface area contributed by atoms with E-state index in [0.717, 1.165) is 0 Å². The Labute approximate surface area is 134 Å². The first-order valence-corrected chi connectivity index (χ1v) is 11.2. The molecule has 0 heterocycles. The number of hydrogen-bond acceptors (Lipinski definition) is 2. The molecule has 0 radical (unpaired) electrons. The van der Waals surface area contributed by atoms with Gasteiger partial charge in [-0.15, -0.1) is 0 Å². The summed E-state index contributed by atoms with van der Waals surface area (Å²) in [5.74, 6) is 0. The Hall–Kier alpha value is -1.42. The zero-order chi connectivity index (χ0) is 15.8. The average Bonchev–Trinajstić information content (AvgIpc) is 2.77. The van der Waals surface area contributed by atoms with Crippen molar-refractivity contribution < 1.29 is 9.16 Å². The molecule has 2 nitrogen and oxygen atoms in total. The second-order valence-electron chi connectivity index (χ2n) is 7.01. The lowest BCUT2D eigenvalue weighted by Crippen LogP contribution is -2.40. The summed E-state index contributed by atoms with van der Waals surface area (Å²) in [6.07, 6.45) is 0. The quantitative estimate of drug-likeness (QED) is 0.759. The average molecular weight is 312 g/mol. The first-order valence-electron chi connectivity index (χ1n) is 7.80. The van der Waals surface area contributed by atoms with Crippen LogP contribution in [0.4, 0.5) is 0 Å². The molecule has 0 aromatic heterocycles. The van der Waals surface area contributed by atoms with Gasteiger partial charge in [0.25, 0.3) is 0 Å². The van der Waals surface area contributed by atoms with E-state index in [0.29, 0.717) is 13.2 Å². The third-order valence-corrected chi connectivity index (χ3v) is 5.33. The largest absolute Gasteiger partial charge is 0.416 e. The van der Waals surface area contributed by atoms with Gasteiger partial charge in [0.1, 0.15) is 0 Å². The molecule has 3 rings (SSSR count). The van der Waals surface area contributed by atoms with Crippen LogP contribution in [0.2, 0.25) is 19.6 Å². The van der Waals surface area contributed by atoms with Crippen molar-refractivity contribution in [2.24, 2.45) is 0 Å². The monoisotopic (exact) mass is 312 g/mol. The van der Waals surface area contributed by atoms with Gasteiger partial charge in [-0.3, -0.25) is 0 Å². The van der Waals surface area contributed by atoms with Crippen LogP contribution in [0.25, 0.3) is 11.1 Å². The third-order valence-electron chi connectivity index (χ3n) is 4.32. The second-order valence-corrected chi connectivity index (χ2v) is 11.5. The van der Waals surface area contributed by atoms with E-state index >= 15 is 0 Å². The zero-order valence-electron chi connectivity index (χ0n) is 13.8. The summed E-state index contributed by atoms with van der Waals surface area (Å²) < 4.78 is 12.0. The van der Waals surface area contributed by atoms with Gasteiger partial charge in [-0.25, -0.2) is 0 Å². The molecule has 0 fully saturated rings. The molecule has 0 amide bonds. The Balaban J connectivity index is 2.15. The van der Waals surface area contributed by atoms with Gasteiger partial charge >= 0.3 is 0 Å². The van der Waals surface area contributed by atoms with Crippen LogP contribution in [0, 0.1) is 0 Å². The van der Waals surface area contributed by atoms with Gasteiger partial charge in [0.2, 0.25) is 0 Å². The van der Waals surface area contributed by atoms with E-state index in [1.165, 1.54) is 22.3 Å². The fraction of sp³-hybridized carbons (Fsp3) is 0.368. The zero-order valence-corrected chi connectivity index (χ0v) is 14.8. The third kappa shape index (κ3) is 2.54. The Morgan fingerprint density at radius 1 is 0.818 bits per heavy atom. The lowest BCUT2D eigenvalue weighted by Gasteiger charge is -2.34. The van der Waals surface area contributed by atoms with Crippen molar-refractivity contribution in [3.63, 3.8) is 0 Å². The van der Waals surface area contributed by atoms with Crippen LogP contribution in [-0.2, 0) is 14.6 Å². The van der Waals surface area contributed by atoms with Crippen LogP contribution in [-0.4, -0.2) is 28.6 Å². The highest BCUT2D eigenvalue weighted by Gasteiger charge is 2.44. The van der Waals surface area contributed by atoms with Gasteiger partial charge < -0.3 is 9.16 Å². The van der Waals surface area contributed by atoms with Crippen molar-refractivity contribution in [3.05, 3.63) is 59.7 Å². The first kappa shape index (κ1) is 15.5. The van der Waals surface area contributed by atoms with Crippen LogP contribution in [0.1, 0.15) is 11.1 Å². The Morgan fingerprint density at radius 3 is 1.77 bits per heavy atom. The number of ether oxygens (including phenoxy) is 1. The fourth-order valence-electron chi connectivity index (χ4n) is 3.35. The molecule has 1 aliphatic rings. The summed E-state index contributed by atoms with van der Waals surface area (Å²) in [6, 6.07) is 17.3. The maximum absolute atomic E-state index is 6.34. The van der Waals surface area contributed by atoms with Gasteiger partial charge in [-0.1, -0.05) is 48.5 Å². The number of methoxy groups -OCH3 is 1. The van der Waals surface area contributed by atoms with Crippen LogP contribution >= 0.6 is 0 Å². The van der Waals surface area contributed by atoms with E-state index in [1.54, 1.807) is 7.11 Å². The van der Waals surface area contributed by atoms with E-state index in [4.69, 9.17) is 9.16 Å².